The van der Waals surface area contributed by atoms with Gasteiger partial charge in [-0.05, 0) is 75.4 Å². The summed E-state index contributed by atoms with van der Waals surface area (Å²) in [5, 5.41) is 0. The molecule has 0 N–H and O–H groups in total. The van der Waals surface area contributed by atoms with Gasteiger partial charge in [-0.2, -0.15) is 0 Å². The van der Waals surface area contributed by atoms with E-state index in [1.54, 1.807) is 0 Å². The molecule has 1 heterocycles. The quantitative estimate of drug-likeness (QED) is 0.0353. The lowest BCUT2D eigenvalue weighted by Gasteiger charge is -2.33. The first-order chi connectivity index (χ1) is 27.4. The molecule has 1 saturated heterocycles. The highest BCUT2D eigenvalue weighted by Crippen LogP contribution is 2.24. The number of hydrogen-bond donors (Lipinski definition) is 0. The number of carbonyl (C=O) groups is 2. The molecule has 0 aromatic heterocycles. The van der Waals surface area contributed by atoms with E-state index >= 15 is 0 Å². The van der Waals surface area contributed by atoms with Gasteiger partial charge in [-0.15, -0.1) is 0 Å². The summed E-state index contributed by atoms with van der Waals surface area (Å²) in [4.78, 5) is 29.7. The molecule has 3 unspecified atom stereocenters. The monoisotopic (exact) mass is 783 g/mol. The van der Waals surface area contributed by atoms with E-state index in [0.717, 1.165) is 44.4 Å². The maximum atomic E-state index is 12.4. The Hall–Kier alpha value is -2.06. The molecule has 0 bridgehead atoms. The summed E-state index contributed by atoms with van der Waals surface area (Å²) in [5.41, 5.74) is 8.30. The Morgan fingerprint density at radius 2 is 1.07 bits per heavy atom. The second-order valence-electron chi connectivity index (χ2n) is 17.4. The van der Waals surface area contributed by atoms with Crippen LogP contribution in [-0.2, 0) is 19.1 Å². The Balaban J connectivity index is 2.15. The van der Waals surface area contributed by atoms with Crippen LogP contribution in [0.15, 0.2) is 29.8 Å². The second kappa shape index (κ2) is 38.5. The molecule has 1 aliphatic rings. The van der Waals surface area contributed by atoms with Crippen molar-refractivity contribution < 1.29 is 19.1 Å². The molecule has 0 amide bonds. The summed E-state index contributed by atoms with van der Waals surface area (Å²) in [6, 6.07) is 0. The van der Waals surface area contributed by atoms with Crippen molar-refractivity contribution in [2.24, 2.45) is 17.8 Å². The van der Waals surface area contributed by atoms with Crippen LogP contribution in [0.2, 0.25) is 0 Å². The first-order valence-corrected chi connectivity index (χ1v) is 24.0. The highest BCUT2D eigenvalue weighted by Gasteiger charge is 2.17. The maximum Gasteiger partial charge on any atom is 0.306 e. The van der Waals surface area contributed by atoms with Crippen LogP contribution < -0.4 is 0 Å². The average molecular weight is 783 g/mol. The molecular formula is C50H90N2O4. The Morgan fingerprint density at radius 1 is 0.607 bits per heavy atom. The lowest BCUT2D eigenvalue weighted by Crippen LogP contribution is -2.44. The molecular weight excluding hydrogens is 693 g/mol. The maximum absolute atomic E-state index is 12.4. The van der Waals surface area contributed by atoms with E-state index in [4.69, 9.17) is 9.47 Å². The third kappa shape index (κ3) is 33.0. The normalized spacial score (nSPS) is 15.0. The molecule has 0 aromatic carbocycles. The smallest absolute Gasteiger partial charge is 0.306 e. The summed E-state index contributed by atoms with van der Waals surface area (Å²) in [6.45, 7) is 17.4. The molecule has 6 heteroatoms. The van der Waals surface area contributed by atoms with Crippen molar-refractivity contribution in [3.8, 4) is 0 Å². The minimum Gasteiger partial charge on any atom is -0.466 e. The zero-order chi connectivity index (χ0) is 40.7. The van der Waals surface area contributed by atoms with Gasteiger partial charge in [0.05, 0.1) is 19.6 Å². The van der Waals surface area contributed by atoms with Crippen LogP contribution in [0.1, 0.15) is 207 Å². The van der Waals surface area contributed by atoms with Crippen LogP contribution in [0.5, 0.6) is 0 Å². The number of hydrogen-bond acceptors (Lipinski definition) is 6. The molecule has 0 aromatic rings. The van der Waals surface area contributed by atoms with Crippen LogP contribution >= 0.6 is 0 Å². The molecule has 324 valence electrons. The molecule has 1 rings (SSSR count). The summed E-state index contributed by atoms with van der Waals surface area (Å²) < 4.78 is 11.1. The van der Waals surface area contributed by atoms with Crippen molar-refractivity contribution >= 4 is 11.9 Å². The van der Waals surface area contributed by atoms with Gasteiger partial charge in [-0.25, -0.2) is 0 Å². The minimum atomic E-state index is -0.0915. The van der Waals surface area contributed by atoms with Gasteiger partial charge in [0.2, 0.25) is 0 Å². The summed E-state index contributed by atoms with van der Waals surface area (Å²) >= 11 is 0. The van der Waals surface area contributed by atoms with Crippen LogP contribution in [0.4, 0.5) is 0 Å². The molecule has 0 radical (unpaired) electrons. The molecule has 1 aliphatic heterocycles. The van der Waals surface area contributed by atoms with Crippen LogP contribution in [0.25, 0.3) is 0 Å². The van der Waals surface area contributed by atoms with Crippen LogP contribution in [0.3, 0.4) is 0 Å². The van der Waals surface area contributed by atoms with Crippen molar-refractivity contribution in [1.82, 2.24) is 9.80 Å². The lowest BCUT2D eigenvalue weighted by molar-refractivity contribution is -0.145. The average Bonchev–Trinajstić information content (AvgIpc) is 3.18. The number of allylic oxidation sites excluding steroid dienone is 1. The van der Waals surface area contributed by atoms with Gasteiger partial charge in [0.15, 0.2) is 0 Å². The predicted octanol–water partition coefficient (Wildman–Crippen LogP) is 13.2. The number of nitrogens with zero attached hydrogens (tertiary/aromatic N) is 2. The molecule has 0 spiro atoms. The van der Waals surface area contributed by atoms with E-state index < -0.39 is 0 Å². The van der Waals surface area contributed by atoms with Crippen molar-refractivity contribution in [1.29, 1.82) is 0 Å². The topological polar surface area (TPSA) is 59.1 Å². The largest absolute Gasteiger partial charge is 0.466 e. The van der Waals surface area contributed by atoms with Gasteiger partial charge in [0.25, 0.3) is 0 Å². The third-order valence-corrected chi connectivity index (χ3v) is 11.9. The number of ether oxygens (including phenoxy) is 2. The van der Waals surface area contributed by atoms with Gasteiger partial charge >= 0.3 is 11.9 Å². The highest BCUT2D eigenvalue weighted by molar-refractivity contribution is 5.70. The highest BCUT2D eigenvalue weighted by atomic mass is 16.5. The van der Waals surface area contributed by atoms with Crippen molar-refractivity contribution in [3.63, 3.8) is 0 Å². The van der Waals surface area contributed by atoms with E-state index in [0.29, 0.717) is 32.0 Å². The Labute approximate surface area is 347 Å². The summed E-state index contributed by atoms with van der Waals surface area (Å²) in [6.07, 6.45) is 36.7. The number of carbonyl (C=O) groups excluding carboxylic acids is 2. The number of esters is 2. The SMILES string of the molecule is C=C=C=C=CC(CCCCC)CC(=O)OCCCCCCCCCCC(CCCCCCCCCCOC(=O)CC(C)CCCCC)CCN1CCN(C)CC1. The van der Waals surface area contributed by atoms with Crippen molar-refractivity contribution in [3.05, 3.63) is 29.8 Å². The predicted molar refractivity (Wildman–Crippen MR) is 238 cm³/mol. The van der Waals surface area contributed by atoms with E-state index in [9.17, 15) is 9.59 Å². The van der Waals surface area contributed by atoms with Gasteiger partial charge in [0, 0.05) is 32.6 Å². The van der Waals surface area contributed by atoms with Crippen molar-refractivity contribution in [2.75, 3.05) is 53.0 Å². The molecule has 0 aliphatic carbocycles. The van der Waals surface area contributed by atoms with Gasteiger partial charge < -0.3 is 19.3 Å². The van der Waals surface area contributed by atoms with E-state index in [-0.39, 0.29) is 17.9 Å². The summed E-state index contributed by atoms with van der Waals surface area (Å²) in [7, 11) is 2.25. The lowest BCUT2D eigenvalue weighted by atomic mass is 9.91. The summed E-state index contributed by atoms with van der Waals surface area (Å²) in [5.74, 6) is 1.39. The van der Waals surface area contributed by atoms with Gasteiger partial charge in [-0.1, -0.05) is 180 Å². The minimum absolute atomic E-state index is 0.00123. The fourth-order valence-electron chi connectivity index (χ4n) is 8.01. The number of rotatable bonds is 38. The van der Waals surface area contributed by atoms with E-state index in [1.807, 2.05) is 6.08 Å². The van der Waals surface area contributed by atoms with Gasteiger partial charge in [-0.3, -0.25) is 9.59 Å². The fraction of sp³-hybridized carbons (Fsp3) is 0.860. The third-order valence-electron chi connectivity index (χ3n) is 11.9. The first kappa shape index (κ1) is 52.0. The standard InChI is InChI=1S/C50H90N2O4/c1-6-9-24-31-46(4)44-49(53)55-42-29-22-18-14-12-16-20-27-32-47(36-37-52-40-38-51(5)39-41-52)33-28-21-17-13-15-19-23-30-43-56-50(54)45-48(34-25-10-7-2)35-26-11-8-3/h34,46-48H,2,6,8-9,11-24,26-33,35-45H2,1,3-5H3. The molecule has 0 saturated carbocycles. The number of piperazine rings is 1. The molecule has 6 nitrogen and oxygen atoms in total. The van der Waals surface area contributed by atoms with E-state index in [2.05, 4.69) is 61.4 Å². The second-order valence-corrected chi connectivity index (χ2v) is 17.4. The number of likely N-dealkylation sites (N-methyl/N-ethyl adjacent to an activating group) is 1. The molecule has 3 atom stereocenters. The first-order valence-electron chi connectivity index (χ1n) is 24.0. The zero-order valence-corrected chi connectivity index (χ0v) is 37.5. The Kier molecular flexibility index (Phi) is 35.7. The molecule has 1 fully saturated rings. The van der Waals surface area contributed by atoms with E-state index in [1.165, 1.54) is 168 Å². The fourth-order valence-corrected chi connectivity index (χ4v) is 8.01. The Morgan fingerprint density at radius 3 is 1.59 bits per heavy atom. The Bertz CT molecular complexity index is 1050. The van der Waals surface area contributed by atoms with Crippen LogP contribution in [-0.4, -0.2) is 74.7 Å². The zero-order valence-electron chi connectivity index (χ0n) is 37.5. The molecule has 56 heavy (non-hydrogen) atoms. The van der Waals surface area contributed by atoms with Crippen LogP contribution in [0, 0.1) is 17.8 Å². The van der Waals surface area contributed by atoms with Crippen molar-refractivity contribution in [2.45, 2.75) is 207 Å². The number of unbranched alkanes of at least 4 members (excludes halogenated alkanes) is 18. The van der Waals surface area contributed by atoms with Gasteiger partial charge in [0.1, 0.15) is 0 Å².